The smallest absolute Gasteiger partial charge is 0.223 e. The van der Waals surface area contributed by atoms with Gasteiger partial charge >= 0.3 is 0 Å². The molecule has 1 aromatic carbocycles. The molecule has 0 aliphatic heterocycles. The van der Waals surface area contributed by atoms with Crippen LogP contribution in [0.2, 0.25) is 0 Å². The van der Waals surface area contributed by atoms with Gasteiger partial charge in [0.15, 0.2) is 0 Å². The lowest BCUT2D eigenvalue weighted by atomic mass is 10.0. The van der Waals surface area contributed by atoms with Gasteiger partial charge < -0.3 is 14.8 Å². The Kier molecular flexibility index (Phi) is 3.79. The lowest BCUT2D eigenvalue weighted by Crippen LogP contribution is -2.32. The fourth-order valence-corrected chi connectivity index (χ4v) is 3.52. The standard InChI is InChI=1S/C17H23NO3/c1-10(15-9-14(20-2)4-5-16(15)21-3)18-17(19)13-7-11-6-12(11)8-13/h4-5,9-13H,6-8H2,1-3H3,(H,18,19). The topological polar surface area (TPSA) is 47.6 Å². The Balaban J connectivity index is 1.69. The molecule has 0 spiro atoms. The number of rotatable bonds is 5. The van der Waals surface area contributed by atoms with Gasteiger partial charge in [-0.3, -0.25) is 4.79 Å². The number of benzene rings is 1. The van der Waals surface area contributed by atoms with Crippen molar-refractivity contribution in [2.75, 3.05) is 14.2 Å². The van der Waals surface area contributed by atoms with E-state index in [0.29, 0.717) is 0 Å². The molecule has 1 N–H and O–H groups in total. The van der Waals surface area contributed by atoms with E-state index in [1.807, 2.05) is 25.1 Å². The van der Waals surface area contributed by atoms with Crippen LogP contribution in [0.4, 0.5) is 0 Å². The number of ether oxygens (including phenoxy) is 2. The Hall–Kier alpha value is -1.71. The van der Waals surface area contributed by atoms with Crippen molar-refractivity contribution in [3.63, 3.8) is 0 Å². The molecule has 0 radical (unpaired) electrons. The maximum Gasteiger partial charge on any atom is 0.223 e. The molecule has 1 aromatic rings. The predicted molar refractivity (Wildman–Crippen MR) is 80.4 cm³/mol. The maximum absolute atomic E-state index is 12.4. The molecular weight excluding hydrogens is 266 g/mol. The van der Waals surface area contributed by atoms with Crippen LogP contribution < -0.4 is 14.8 Å². The minimum atomic E-state index is -0.0838. The number of carbonyl (C=O) groups is 1. The van der Waals surface area contributed by atoms with Crippen molar-refractivity contribution in [2.45, 2.75) is 32.2 Å². The van der Waals surface area contributed by atoms with Crippen molar-refractivity contribution in [3.05, 3.63) is 23.8 Å². The second-order valence-electron chi connectivity index (χ2n) is 6.26. The SMILES string of the molecule is COc1ccc(OC)c(C(C)NC(=O)C2CC3CC3C2)c1. The molecule has 0 saturated heterocycles. The van der Waals surface area contributed by atoms with Crippen LogP contribution in [0.3, 0.4) is 0 Å². The minimum absolute atomic E-state index is 0.0838. The monoisotopic (exact) mass is 289 g/mol. The highest BCUT2D eigenvalue weighted by Gasteiger charge is 2.48. The van der Waals surface area contributed by atoms with Gasteiger partial charge in [-0.05, 0) is 56.2 Å². The van der Waals surface area contributed by atoms with Gasteiger partial charge in [0.25, 0.3) is 0 Å². The first kappa shape index (κ1) is 14.2. The summed E-state index contributed by atoms with van der Waals surface area (Å²) in [6, 6.07) is 5.58. The van der Waals surface area contributed by atoms with E-state index >= 15 is 0 Å². The number of hydrogen-bond donors (Lipinski definition) is 1. The summed E-state index contributed by atoms with van der Waals surface area (Å²) in [5.74, 6) is 3.57. The van der Waals surface area contributed by atoms with Gasteiger partial charge in [-0.2, -0.15) is 0 Å². The molecule has 3 atom stereocenters. The molecule has 3 unspecified atom stereocenters. The lowest BCUT2D eigenvalue weighted by molar-refractivity contribution is -0.125. The summed E-state index contributed by atoms with van der Waals surface area (Å²) < 4.78 is 10.7. The average Bonchev–Trinajstić information content (AvgIpc) is 3.12. The second kappa shape index (κ2) is 5.58. The van der Waals surface area contributed by atoms with Crippen LogP contribution in [-0.2, 0) is 4.79 Å². The number of carbonyl (C=O) groups excluding carboxylic acids is 1. The minimum Gasteiger partial charge on any atom is -0.497 e. The first-order valence-corrected chi connectivity index (χ1v) is 7.64. The zero-order valence-electron chi connectivity index (χ0n) is 12.9. The third kappa shape index (κ3) is 2.85. The van der Waals surface area contributed by atoms with E-state index in [2.05, 4.69) is 5.32 Å². The third-order valence-corrected chi connectivity index (χ3v) is 4.88. The van der Waals surface area contributed by atoms with E-state index < -0.39 is 0 Å². The zero-order chi connectivity index (χ0) is 15.0. The van der Waals surface area contributed by atoms with E-state index in [0.717, 1.165) is 41.7 Å². The van der Waals surface area contributed by atoms with Crippen LogP contribution in [-0.4, -0.2) is 20.1 Å². The van der Waals surface area contributed by atoms with Gasteiger partial charge in [-0.15, -0.1) is 0 Å². The van der Waals surface area contributed by atoms with Crippen LogP contribution in [0.25, 0.3) is 0 Å². The van der Waals surface area contributed by atoms with Crippen LogP contribution in [0, 0.1) is 17.8 Å². The first-order valence-electron chi connectivity index (χ1n) is 7.64. The van der Waals surface area contributed by atoms with E-state index in [4.69, 9.17) is 9.47 Å². The fourth-order valence-electron chi connectivity index (χ4n) is 3.52. The number of hydrogen-bond acceptors (Lipinski definition) is 3. The van der Waals surface area contributed by atoms with Crippen molar-refractivity contribution < 1.29 is 14.3 Å². The molecule has 4 nitrogen and oxygen atoms in total. The summed E-state index contributed by atoms with van der Waals surface area (Å²) in [4.78, 5) is 12.4. The number of nitrogens with one attached hydrogen (secondary N) is 1. The summed E-state index contributed by atoms with van der Waals surface area (Å²) >= 11 is 0. The Labute approximate surface area is 125 Å². The first-order chi connectivity index (χ1) is 10.1. The highest BCUT2D eigenvalue weighted by Crippen LogP contribution is 2.54. The van der Waals surface area contributed by atoms with Gasteiger partial charge in [0, 0.05) is 11.5 Å². The largest absolute Gasteiger partial charge is 0.497 e. The Morgan fingerprint density at radius 1 is 1.19 bits per heavy atom. The van der Waals surface area contributed by atoms with Gasteiger partial charge in [-0.1, -0.05) is 0 Å². The Morgan fingerprint density at radius 2 is 1.90 bits per heavy atom. The highest BCUT2D eigenvalue weighted by molar-refractivity contribution is 5.79. The van der Waals surface area contributed by atoms with E-state index in [1.54, 1.807) is 14.2 Å². The summed E-state index contributed by atoms with van der Waals surface area (Å²) in [6.45, 7) is 1.99. The van der Waals surface area contributed by atoms with E-state index in [1.165, 1.54) is 6.42 Å². The maximum atomic E-state index is 12.4. The fraction of sp³-hybridized carbons (Fsp3) is 0.588. The predicted octanol–water partition coefficient (Wildman–Crippen LogP) is 2.93. The van der Waals surface area contributed by atoms with Crippen molar-refractivity contribution in [1.82, 2.24) is 5.32 Å². The number of fused-ring (bicyclic) bond motifs is 1. The van der Waals surface area contributed by atoms with Gasteiger partial charge in [0.2, 0.25) is 5.91 Å². The van der Waals surface area contributed by atoms with Crippen LogP contribution >= 0.6 is 0 Å². The summed E-state index contributed by atoms with van der Waals surface area (Å²) in [5.41, 5.74) is 0.952. The summed E-state index contributed by atoms with van der Waals surface area (Å²) in [6.07, 6.45) is 3.47. The molecule has 0 bridgehead atoms. The lowest BCUT2D eigenvalue weighted by Gasteiger charge is -2.20. The molecule has 2 aliphatic carbocycles. The van der Waals surface area contributed by atoms with Crippen molar-refractivity contribution in [1.29, 1.82) is 0 Å². The number of methoxy groups -OCH3 is 2. The molecule has 3 rings (SSSR count). The van der Waals surface area contributed by atoms with Crippen molar-refractivity contribution >= 4 is 5.91 Å². The molecular formula is C17H23NO3. The Bertz CT molecular complexity index is 533. The average molecular weight is 289 g/mol. The molecule has 0 heterocycles. The van der Waals surface area contributed by atoms with Gasteiger partial charge in [-0.25, -0.2) is 0 Å². The van der Waals surface area contributed by atoms with Crippen molar-refractivity contribution in [2.24, 2.45) is 17.8 Å². The zero-order valence-corrected chi connectivity index (χ0v) is 12.9. The van der Waals surface area contributed by atoms with Crippen molar-refractivity contribution in [3.8, 4) is 11.5 Å². The molecule has 0 aromatic heterocycles. The number of amides is 1. The normalized spacial score (nSPS) is 27.7. The quantitative estimate of drug-likeness (QED) is 0.906. The van der Waals surface area contributed by atoms with E-state index in [-0.39, 0.29) is 17.9 Å². The van der Waals surface area contributed by atoms with Gasteiger partial charge in [0.1, 0.15) is 11.5 Å². The molecule has 2 aliphatic rings. The van der Waals surface area contributed by atoms with Crippen LogP contribution in [0.1, 0.15) is 37.8 Å². The van der Waals surface area contributed by atoms with Crippen LogP contribution in [0.15, 0.2) is 18.2 Å². The molecule has 4 heteroatoms. The summed E-state index contributed by atoms with van der Waals surface area (Å²) in [5, 5.41) is 3.13. The highest BCUT2D eigenvalue weighted by atomic mass is 16.5. The third-order valence-electron chi connectivity index (χ3n) is 4.88. The molecule has 1 amide bonds. The second-order valence-corrected chi connectivity index (χ2v) is 6.26. The molecule has 114 valence electrons. The van der Waals surface area contributed by atoms with E-state index in [9.17, 15) is 4.79 Å². The molecule has 2 saturated carbocycles. The van der Waals surface area contributed by atoms with Gasteiger partial charge in [0.05, 0.1) is 20.3 Å². The molecule has 2 fully saturated rings. The van der Waals surface area contributed by atoms with Crippen LogP contribution in [0.5, 0.6) is 11.5 Å². The summed E-state index contributed by atoms with van der Waals surface area (Å²) in [7, 11) is 3.28. The Morgan fingerprint density at radius 3 is 2.52 bits per heavy atom. The molecule has 21 heavy (non-hydrogen) atoms.